The Morgan fingerprint density at radius 2 is 2.18 bits per heavy atom. The van der Waals surface area contributed by atoms with Gasteiger partial charge >= 0.3 is 0 Å². The lowest BCUT2D eigenvalue weighted by Gasteiger charge is -2.47. The molecule has 2 fully saturated rings. The van der Waals surface area contributed by atoms with Crippen molar-refractivity contribution in [2.75, 3.05) is 40.1 Å². The molecule has 0 radical (unpaired) electrons. The molecule has 4 heteroatoms. The van der Waals surface area contributed by atoms with Gasteiger partial charge in [-0.25, -0.2) is 0 Å². The fourth-order valence-electron chi connectivity index (χ4n) is 2.70. The first-order valence-electron chi connectivity index (χ1n) is 6.79. The maximum Gasteiger partial charge on any atom is 0.0700 e. The van der Waals surface area contributed by atoms with Gasteiger partial charge in [-0.15, -0.1) is 0 Å². The van der Waals surface area contributed by atoms with Crippen LogP contribution in [0.25, 0.3) is 0 Å². The Morgan fingerprint density at radius 3 is 2.88 bits per heavy atom. The lowest BCUT2D eigenvalue weighted by atomic mass is 9.74. The van der Waals surface area contributed by atoms with Crippen LogP contribution < -0.4 is 5.32 Å². The average molecular weight is 243 g/mol. The van der Waals surface area contributed by atoms with E-state index < -0.39 is 0 Å². The van der Waals surface area contributed by atoms with Gasteiger partial charge in [0.1, 0.15) is 0 Å². The summed E-state index contributed by atoms with van der Waals surface area (Å²) in [6, 6.07) is 0.620. The van der Waals surface area contributed by atoms with Gasteiger partial charge in [0.05, 0.1) is 25.4 Å². The van der Waals surface area contributed by atoms with Crippen molar-refractivity contribution in [3.05, 3.63) is 0 Å². The monoisotopic (exact) mass is 243 g/mol. The van der Waals surface area contributed by atoms with E-state index in [1.165, 1.54) is 25.7 Å². The number of ether oxygens (including phenoxy) is 3. The van der Waals surface area contributed by atoms with Crippen LogP contribution in [-0.2, 0) is 14.2 Å². The minimum absolute atomic E-state index is 0.243. The van der Waals surface area contributed by atoms with Crippen molar-refractivity contribution in [1.29, 1.82) is 0 Å². The molecule has 0 aromatic carbocycles. The van der Waals surface area contributed by atoms with Crippen LogP contribution in [0.4, 0.5) is 0 Å². The number of hydrogen-bond donors (Lipinski definition) is 1. The third-order valence-electron chi connectivity index (χ3n) is 3.87. The summed E-state index contributed by atoms with van der Waals surface area (Å²) in [6.45, 7) is 4.00. The lowest BCUT2D eigenvalue weighted by Crippen LogP contribution is -2.51. The molecular weight excluding hydrogens is 218 g/mol. The molecule has 0 aromatic rings. The maximum atomic E-state index is 5.90. The van der Waals surface area contributed by atoms with Gasteiger partial charge in [0.2, 0.25) is 0 Å². The summed E-state index contributed by atoms with van der Waals surface area (Å²) < 4.78 is 16.3. The van der Waals surface area contributed by atoms with Crippen molar-refractivity contribution in [2.45, 2.75) is 43.7 Å². The maximum absolute atomic E-state index is 5.90. The van der Waals surface area contributed by atoms with Crippen molar-refractivity contribution in [3.63, 3.8) is 0 Å². The second kappa shape index (κ2) is 6.69. The van der Waals surface area contributed by atoms with E-state index in [2.05, 4.69) is 5.32 Å². The Labute approximate surface area is 104 Å². The molecular formula is C13H25NO3. The molecule has 0 amide bonds. The van der Waals surface area contributed by atoms with Crippen molar-refractivity contribution < 1.29 is 14.2 Å². The molecule has 1 spiro atoms. The predicted octanol–water partition coefficient (Wildman–Crippen LogP) is 1.34. The second-order valence-corrected chi connectivity index (χ2v) is 5.13. The summed E-state index contributed by atoms with van der Waals surface area (Å²) in [5.41, 5.74) is 0.243. The van der Waals surface area contributed by atoms with E-state index >= 15 is 0 Å². The molecule has 1 heterocycles. The summed E-state index contributed by atoms with van der Waals surface area (Å²) in [6.07, 6.45) is 6.18. The zero-order valence-corrected chi connectivity index (χ0v) is 10.9. The van der Waals surface area contributed by atoms with Crippen molar-refractivity contribution >= 4 is 0 Å². The molecule has 0 bridgehead atoms. The zero-order valence-electron chi connectivity index (χ0n) is 10.9. The highest BCUT2D eigenvalue weighted by Gasteiger charge is 2.42. The quantitative estimate of drug-likeness (QED) is 0.685. The largest absolute Gasteiger partial charge is 0.382 e. The van der Waals surface area contributed by atoms with Crippen LogP contribution in [0.2, 0.25) is 0 Å². The average Bonchev–Trinajstić information content (AvgIpc) is 2.32. The normalized spacial score (nSPS) is 27.0. The molecule has 1 saturated carbocycles. The molecule has 4 nitrogen and oxygen atoms in total. The smallest absolute Gasteiger partial charge is 0.0700 e. The van der Waals surface area contributed by atoms with Crippen LogP contribution in [0, 0.1) is 0 Å². The summed E-state index contributed by atoms with van der Waals surface area (Å²) in [5.74, 6) is 0. The van der Waals surface area contributed by atoms with Crippen LogP contribution in [0.3, 0.4) is 0 Å². The Kier molecular flexibility index (Phi) is 5.22. The van der Waals surface area contributed by atoms with E-state index in [0.717, 1.165) is 26.2 Å². The van der Waals surface area contributed by atoms with Crippen molar-refractivity contribution in [2.24, 2.45) is 0 Å². The molecule has 2 rings (SSSR count). The van der Waals surface area contributed by atoms with Gasteiger partial charge in [0.25, 0.3) is 0 Å². The van der Waals surface area contributed by atoms with Gasteiger partial charge in [-0.3, -0.25) is 0 Å². The molecule has 1 aliphatic carbocycles. The topological polar surface area (TPSA) is 39.7 Å². The first-order chi connectivity index (χ1) is 8.35. The van der Waals surface area contributed by atoms with E-state index in [4.69, 9.17) is 14.2 Å². The van der Waals surface area contributed by atoms with Gasteiger partial charge in [0, 0.05) is 26.3 Å². The summed E-state index contributed by atoms with van der Waals surface area (Å²) in [7, 11) is 1.70. The summed E-state index contributed by atoms with van der Waals surface area (Å²) in [5, 5.41) is 3.58. The lowest BCUT2D eigenvalue weighted by molar-refractivity contribution is -0.135. The van der Waals surface area contributed by atoms with Crippen LogP contribution >= 0.6 is 0 Å². The van der Waals surface area contributed by atoms with E-state index in [1.54, 1.807) is 7.11 Å². The number of rotatable bonds is 7. The van der Waals surface area contributed by atoms with Crippen LogP contribution in [-0.4, -0.2) is 51.7 Å². The second-order valence-electron chi connectivity index (χ2n) is 5.13. The fraction of sp³-hybridized carbons (Fsp3) is 1.00. The minimum Gasteiger partial charge on any atom is -0.382 e. The predicted molar refractivity (Wildman–Crippen MR) is 66.3 cm³/mol. The molecule has 1 saturated heterocycles. The first-order valence-corrected chi connectivity index (χ1v) is 6.79. The van der Waals surface area contributed by atoms with E-state index in [1.807, 2.05) is 0 Å². The minimum atomic E-state index is 0.243. The molecule has 1 N–H and O–H groups in total. The van der Waals surface area contributed by atoms with Gasteiger partial charge in [-0.05, 0) is 32.1 Å². The highest BCUT2D eigenvalue weighted by atomic mass is 16.5. The molecule has 1 atom stereocenters. The van der Waals surface area contributed by atoms with Crippen molar-refractivity contribution in [1.82, 2.24) is 5.32 Å². The number of hydrogen-bond acceptors (Lipinski definition) is 4. The van der Waals surface area contributed by atoms with Crippen LogP contribution in [0.5, 0.6) is 0 Å². The summed E-state index contributed by atoms with van der Waals surface area (Å²) in [4.78, 5) is 0. The number of methoxy groups -OCH3 is 1. The molecule has 100 valence electrons. The Balaban J connectivity index is 1.53. The first kappa shape index (κ1) is 13.3. The molecule has 1 unspecified atom stereocenters. The SMILES string of the molecule is COCCOCCNC1CCOC2(CCC2)C1. The number of nitrogens with one attached hydrogen (secondary N) is 1. The standard InChI is InChI=1S/C13H25NO3/c1-15-9-10-16-8-6-14-12-3-7-17-13(11-12)4-2-5-13/h12,14H,2-11H2,1H3. The van der Waals surface area contributed by atoms with Crippen molar-refractivity contribution in [3.8, 4) is 0 Å². The van der Waals surface area contributed by atoms with Crippen LogP contribution in [0.1, 0.15) is 32.1 Å². The van der Waals surface area contributed by atoms with E-state index in [-0.39, 0.29) is 5.60 Å². The Bertz CT molecular complexity index is 219. The van der Waals surface area contributed by atoms with E-state index in [0.29, 0.717) is 19.3 Å². The molecule has 2 aliphatic rings. The van der Waals surface area contributed by atoms with Gasteiger partial charge in [-0.2, -0.15) is 0 Å². The molecule has 17 heavy (non-hydrogen) atoms. The van der Waals surface area contributed by atoms with Gasteiger partial charge in [-0.1, -0.05) is 0 Å². The van der Waals surface area contributed by atoms with Gasteiger partial charge in [0.15, 0.2) is 0 Å². The third-order valence-corrected chi connectivity index (χ3v) is 3.87. The van der Waals surface area contributed by atoms with Gasteiger partial charge < -0.3 is 19.5 Å². The molecule has 0 aromatic heterocycles. The zero-order chi connectivity index (χ0) is 12.0. The third kappa shape index (κ3) is 3.91. The van der Waals surface area contributed by atoms with Crippen LogP contribution in [0.15, 0.2) is 0 Å². The summed E-state index contributed by atoms with van der Waals surface area (Å²) >= 11 is 0. The Morgan fingerprint density at radius 1 is 1.29 bits per heavy atom. The highest BCUT2D eigenvalue weighted by Crippen LogP contribution is 2.42. The van der Waals surface area contributed by atoms with E-state index in [9.17, 15) is 0 Å². The Hall–Kier alpha value is -0.160. The highest BCUT2D eigenvalue weighted by molar-refractivity contribution is 4.95. The fourth-order valence-corrected chi connectivity index (χ4v) is 2.70. The molecule has 1 aliphatic heterocycles.